The Kier molecular flexibility index (Phi) is 7.22. The topological polar surface area (TPSA) is 93.7 Å². The van der Waals surface area contributed by atoms with Gasteiger partial charge in [0.1, 0.15) is 18.5 Å². The predicted octanol–water partition coefficient (Wildman–Crippen LogP) is 3.33. The van der Waals surface area contributed by atoms with Gasteiger partial charge >= 0.3 is 12.2 Å². The van der Waals surface area contributed by atoms with E-state index in [4.69, 9.17) is 9.47 Å². The monoisotopic (exact) mass is 396 g/mol. The van der Waals surface area contributed by atoms with E-state index in [1.54, 1.807) is 0 Å². The Morgan fingerprint density at radius 2 is 1.59 bits per heavy atom. The molecule has 2 unspecified atom stereocenters. The number of hydrogen-bond acceptors (Lipinski definition) is 5. The van der Waals surface area contributed by atoms with E-state index >= 15 is 0 Å². The highest BCUT2D eigenvalue weighted by molar-refractivity contribution is 5.81. The SMILES string of the molecule is O=C1CCC(NC(=O)OCc2ccccc2)C(OC(=O)NCc2ccccc2)C1. The second-order valence-electron chi connectivity index (χ2n) is 6.88. The predicted molar refractivity (Wildman–Crippen MR) is 106 cm³/mol. The highest BCUT2D eigenvalue weighted by atomic mass is 16.6. The molecule has 29 heavy (non-hydrogen) atoms. The molecule has 7 heteroatoms. The molecule has 2 amide bonds. The Hall–Kier alpha value is -3.35. The fourth-order valence-electron chi connectivity index (χ4n) is 3.13. The van der Waals surface area contributed by atoms with Gasteiger partial charge < -0.3 is 20.1 Å². The third kappa shape index (κ3) is 6.64. The van der Waals surface area contributed by atoms with Gasteiger partial charge in [0, 0.05) is 19.4 Å². The van der Waals surface area contributed by atoms with Crippen LogP contribution in [-0.2, 0) is 27.4 Å². The van der Waals surface area contributed by atoms with Gasteiger partial charge in [-0.15, -0.1) is 0 Å². The van der Waals surface area contributed by atoms with Crippen molar-refractivity contribution >= 4 is 18.0 Å². The maximum Gasteiger partial charge on any atom is 0.407 e. The summed E-state index contributed by atoms with van der Waals surface area (Å²) in [6.45, 7) is 0.457. The van der Waals surface area contributed by atoms with E-state index in [1.165, 1.54) is 0 Å². The molecule has 2 aromatic rings. The van der Waals surface area contributed by atoms with Gasteiger partial charge in [-0.1, -0.05) is 60.7 Å². The van der Waals surface area contributed by atoms with E-state index in [0.29, 0.717) is 19.4 Å². The van der Waals surface area contributed by atoms with Gasteiger partial charge in [0.15, 0.2) is 0 Å². The number of alkyl carbamates (subject to hydrolysis) is 2. The van der Waals surface area contributed by atoms with E-state index in [9.17, 15) is 14.4 Å². The zero-order valence-electron chi connectivity index (χ0n) is 16.0. The highest BCUT2D eigenvalue weighted by Gasteiger charge is 2.33. The van der Waals surface area contributed by atoms with E-state index in [2.05, 4.69) is 10.6 Å². The maximum atomic E-state index is 12.1. The third-order valence-corrected chi connectivity index (χ3v) is 4.67. The molecule has 0 aliphatic heterocycles. The second kappa shape index (κ2) is 10.3. The lowest BCUT2D eigenvalue weighted by atomic mass is 9.91. The van der Waals surface area contributed by atoms with Gasteiger partial charge in [0.2, 0.25) is 0 Å². The van der Waals surface area contributed by atoms with Crippen molar-refractivity contribution in [3.05, 3.63) is 71.8 Å². The van der Waals surface area contributed by atoms with Gasteiger partial charge in [-0.25, -0.2) is 9.59 Å². The summed E-state index contributed by atoms with van der Waals surface area (Å²) in [5.74, 6) is 0.00145. The number of ketones is 1. The Labute approximate surface area is 169 Å². The summed E-state index contributed by atoms with van der Waals surface area (Å²) in [5, 5.41) is 5.39. The molecule has 152 valence electrons. The number of benzene rings is 2. The summed E-state index contributed by atoms with van der Waals surface area (Å²) in [6.07, 6.45) is -1.16. The fraction of sp³-hybridized carbons (Fsp3) is 0.318. The summed E-state index contributed by atoms with van der Waals surface area (Å²) in [5.41, 5.74) is 1.80. The molecule has 0 spiro atoms. The minimum atomic E-state index is -0.726. The molecule has 3 rings (SSSR count). The van der Waals surface area contributed by atoms with E-state index in [-0.39, 0.29) is 18.8 Å². The lowest BCUT2D eigenvalue weighted by Gasteiger charge is -2.30. The largest absolute Gasteiger partial charge is 0.445 e. The lowest BCUT2D eigenvalue weighted by Crippen LogP contribution is -2.49. The number of rotatable bonds is 6. The van der Waals surface area contributed by atoms with Crippen molar-refractivity contribution in [3.8, 4) is 0 Å². The number of nitrogens with one attached hydrogen (secondary N) is 2. The summed E-state index contributed by atoms with van der Waals surface area (Å²) in [7, 11) is 0. The molecule has 0 aromatic heterocycles. The van der Waals surface area contributed by atoms with Gasteiger partial charge in [-0.2, -0.15) is 0 Å². The molecule has 1 aliphatic carbocycles. The Morgan fingerprint density at radius 1 is 0.931 bits per heavy atom. The van der Waals surface area contributed by atoms with Gasteiger partial charge in [0.25, 0.3) is 0 Å². The van der Waals surface area contributed by atoms with Crippen molar-refractivity contribution in [2.24, 2.45) is 0 Å². The van der Waals surface area contributed by atoms with Gasteiger partial charge in [0.05, 0.1) is 6.04 Å². The molecule has 0 radical (unpaired) electrons. The van der Waals surface area contributed by atoms with Crippen molar-refractivity contribution in [1.82, 2.24) is 10.6 Å². The standard InChI is InChI=1S/C22H24N2O5/c25-18-11-12-19(24-22(27)28-15-17-9-5-2-6-10-17)20(13-18)29-21(26)23-14-16-7-3-1-4-8-16/h1-10,19-20H,11-15H2,(H,23,26)(H,24,27). The molecule has 0 heterocycles. The molecule has 7 nitrogen and oxygen atoms in total. The van der Waals surface area contributed by atoms with Crippen LogP contribution in [0, 0.1) is 0 Å². The smallest absolute Gasteiger partial charge is 0.407 e. The molecule has 0 bridgehead atoms. The number of amides is 2. The summed E-state index contributed by atoms with van der Waals surface area (Å²) < 4.78 is 10.6. The lowest BCUT2D eigenvalue weighted by molar-refractivity contribution is -0.123. The Bertz CT molecular complexity index is 826. The molecule has 1 saturated carbocycles. The van der Waals surface area contributed by atoms with Crippen LogP contribution in [0.25, 0.3) is 0 Å². The molecule has 1 aliphatic rings. The van der Waals surface area contributed by atoms with E-state index in [0.717, 1.165) is 11.1 Å². The number of hydrogen-bond donors (Lipinski definition) is 2. The van der Waals surface area contributed by atoms with Crippen LogP contribution in [0.4, 0.5) is 9.59 Å². The zero-order chi connectivity index (χ0) is 20.5. The Morgan fingerprint density at radius 3 is 2.28 bits per heavy atom. The fourth-order valence-corrected chi connectivity index (χ4v) is 3.13. The van der Waals surface area contributed by atoms with Gasteiger partial charge in [-0.05, 0) is 17.5 Å². The third-order valence-electron chi connectivity index (χ3n) is 4.67. The summed E-state index contributed by atoms with van der Waals surface area (Å²) in [4.78, 5) is 36.1. The normalized spacial score (nSPS) is 18.6. The van der Waals surface area contributed by atoms with Crippen LogP contribution in [0.5, 0.6) is 0 Å². The molecule has 2 N–H and O–H groups in total. The van der Waals surface area contributed by atoms with Gasteiger partial charge in [-0.3, -0.25) is 4.79 Å². The Balaban J connectivity index is 1.49. The first-order chi connectivity index (χ1) is 14.1. The minimum absolute atomic E-state index is 0.00145. The number of Topliss-reactive ketones (excluding diaryl/α,β-unsaturated/α-hetero) is 1. The van der Waals surface area contributed by atoms with Crippen LogP contribution < -0.4 is 10.6 Å². The highest BCUT2D eigenvalue weighted by Crippen LogP contribution is 2.19. The van der Waals surface area contributed by atoms with Crippen LogP contribution in [0.2, 0.25) is 0 Å². The first-order valence-corrected chi connectivity index (χ1v) is 9.57. The zero-order valence-corrected chi connectivity index (χ0v) is 16.0. The van der Waals surface area contributed by atoms with Crippen molar-refractivity contribution in [1.29, 1.82) is 0 Å². The molecular formula is C22H24N2O5. The van der Waals surface area contributed by atoms with Crippen LogP contribution in [-0.4, -0.2) is 30.1 Å². The molecule has 2 atom stereocenters. The van der Waals surface area contributed by atoms with Crippen molar-refractivity contribution in [3.63, 3.8) is 0 Å². The first kappa shape index (κ1) is 20.4. The van der Waals surface area contributed by atoms with E-state index in [1.807, 2.05) is 60.7 Å². The molecule has 2 aromatic carbocycles. The number of ether oxygens (including phenoxy) is 2. The first-order valence-electron chi connectivity index (χ1n) is 9.57. The minimum Gasteiger partial charge on any atom is -0.445 e. The van der Waals surface area contributed by atoms with Crippen LogP contribution in [0.3, 0.4) is 0 Å². The van der Waals surface area contributed by atoms with Crippen molar-refractivity contribution in [2.75, 3.05) is 0 Å². The van der Waals surface area contributed by atoms with Crippen LogP contribution >= 0.6 is 0 Å². The van der Waals surface area contributed by atoms with Crippen LogP contribution in [0.15, 0.2) is 60.7 Å². The maximum absolute atomic E-state index is 12.1. The van der Waals surface area contributed by atoms with Crippen LogP contribution in [0.1, 0.15) is 30.4 Å². The molecule has 0 saturated heterocycles. The molecule has 1 fully saturated rings. The average molecular weight is 396 g/mol. The van der Waals surface area contributed by atoms with Crippen molar-refractivity contribution < 1.29 is 23.9 Å². The quantitative estimate of drug-likeness (QED) is 0.781. The number of carbonyl (C=O) groups excluding carboxylic acids is 3. The number of carbonyl (C=O) groups is 3. The molecular weight excluding hydrogens is 372 g/mol. The van der Waals surface area contributed by atoms with Crippen molar-refractivity contribution in [2.45, 2.75) is 44.6 Å². The average Bonchev–Trinajstić information content (AvgIpc) is 2.74. The summed E-state index contributed by atoms with van der Waals surface area (Å²) >= 11 is 0. The second-order valence-corrected chi connectivity index (χ2v) is 6.88. The van der Waals surface area contributed by atoms with E-state index < -0.39 is 24.3 Å². The summed E-state index contributed by atoms with van der Waals surface area (Å²) in [6, 6.07) is 18.3.